The molecule has 3 heteroatoms. The van der Waals surface area contributed by atoms with Crippen molar-refractivity contribution >= 4 is 5.91 Å². The maximum atomic E-state index is 11.2. The van der Waals surface area contributed by atoms with E-state index >= 15 is 0 Å². The molecule has 0 aromatic heterocycles. The Morgan fingerprint density at radius 2 is 1.73 bits per heavy atom. The van der Waals surface area contributed by atoms with Crippen LogP contribution in [0.15, 0.2) is 12.1 Å². The van der Waals surface area contributed by atoms with E-state index in [1.807, 2.05) is 39.8 Å². The number of carbonyl (C=O) groups is 1. The summed E-state index contributed by atoms with van der Waals surface area (Å²) in [6.07, 6.45) is 0.128. The van der Waals surface area contributed by atoms with Crippen LogP contribution in [0.3, 0.4) is 0 Å². The zero-order valence-electron chi connectivity index (χ0n) is 9.63. The van der Waals surface area contributed by atoms with Crippen molar-refractivity contribution in [3.8, 4) is 5.75 Å². The molecule has 15 heavy (non-hydrogen) atoms. The first kappa shape index (κ1) is 11.6. The molecule has 0 spiro atoms. The van der Waals surface area contributed by atoms with Crippen LogP contribution in [0, 0.1) is 13.8 Å². The molecule has 1 amide bonds. The van der Waals surface area contributed by atoms with Gasteiger partial charge in [-0.25, -0.2) is 0 Å². The fourth-order valence-corrected chi connectivity index (χ4v) is 1.65. The van der Waals surface area contributed by atoms with E-state index in [2.05, 4.69) is 0 Å². The highest BCUT2D eigenvalue weighted by molar-refractivity contribution is 5.96. The molecule has 0 aliphatic rings. The minimum atomic E-state index is -0.388. The average molecular weight is 207 g/mol. The third kappa shape index (κ3) is 2.72. The van der Waals surface area contributed by atoms with Gasteiger partial charge in [0.2, 0.25) is 5.91 Å². The first-order chi connectivity index (χ1) is 6.91. The van der Waals surface area contributed by atoms with Crippen molar-refractivity contribution in [1.82, 2.24) is 0 Å². The monoisotopic (exact) mass is 207 g/mol. The second-order valence-electron chi connectivity index (χ2n) is 3.96. The lowest BCUT2D eigenvalue weighted by Gasteiger charge is -2.13. The summed E-state index contributed by atoms with van der Waals surface area (Å²) in [4.78, 5) is 11.2. The van der Waals surface area contributed by atoms with Crippen molar-refractivity contribution in [2.75, 3.05) is 0 Å². The number of rotatable bonds is 3. The van der Waals surface area contributed by atoms with Gasteiger partial charge in [0.15, 0.2) is 0 Å². The fraction of sp³-hybridized carbons (Fsp3) is 0.417. The van der Waals surface area contributed by atoms with Crippen molar-refractivity contribution < 1.29 is 9.53 Å². The van der Waals surface area contributed by atoms with Crippen molar-refractivity contribution in [3.63, 3.8) is 0 Å². The number of benzene rings is 1. The minimum absolute atomic E-state index is 0.128. The minimum Gasteiger partial charge on any atom is -0.491 e. The van der Waals surface area contributed by atoms with Crippen LogP contribution in [0.4, 0.5) is 0 Å². The molecule has 0 radical (unpaired) electrons. The number of aryl methyl sites for hydroxylation is 2. The van der Waals surface area contributed by atoms with Gasteiger partial charge in [0.05, 0.1) is 6.10 Å². The Bertz CT molecular complexity index is 360. The van der Waals surface area contributed by atoms with Crippen molar-refractivity contribution in [1.29, 1.82) is 0 Å². The van der Waals surface area contributed by atoms with Crippen LogP contribution in [0.25, 0.3) is 0 Å². The quantitative estimate of drug-likeness (QED) is 0.826. The Balaban J connectivity index is 3.14. The lowest BCUT2D eigenvalue weighted by Crippen LogP contribution is -2.15. The molecule has 0 saturated carbocycles. The van der Waals surface area contributed by atoms with Crippen LogP contribution < -0.4 is 10.5 Å². The second-order valence-corrected chi connectivity index (χ2v) is 3.96. The molecule has 0 fully saturated rings. The largest absolute Gasteiger partial charge is 0.491 e. The number of hydrogen-bond acceptors (Lipinski definition) is 2. The molecular weight excluding hydrogens is 190 g/mol. The van der Waals surface area contributed by atoms with Gasteiger partial charge in [-0.1, -0.05) is 0 Å². The highest BCUT2D eigenvalue weighted by Crippen LogP contribution is 2.22. The Hall–Kier alpha value is -1.51. The van der Waals surface area contributed by atoms with Gasteiger partial charge in [0.25, 0.3) is 0 Å². The summed E-state index contributed by atoms with van der Waals surface area (Å²) in [5, 5.41) is 0. The van der Waals surface area contributed by atoms with E-state index in [0.29, 0.717) is 5.56 Å². The van der Waals surface area contributed by atoms with Crippen LogP contribution in [-0.4, -0.2) is 12.0 Å². The summed E-state index contributed by atoms with van der Waals surface area (Å²) in [7, 11) is 0. The van der Waals surface area contributed by atoms with E-state index in [4.69, 9.17) is 10.5 Å². The lowest BCUT2D eigenvalue weighted by molar-refractivity contribution is 0.0999. The van der Waals surface area contributed by atoms with Gasteiger partial charge in [-0.3, -0.25) is 4.79 Å². The molecule has 0 saturated heterocycles. The lowest BCUT2D eigenvalue weighted by atomic mass is 10.0. The first-order valence-corrected chi connectivity index (χ1v) is 4.99. The average Bonchev–Trinajstić information content (AvgIpc) is 1.99. The highest BCUT2D eigenvalue weighted by Gasteiger charge is 2.11. The molecule has 0 bridgehead atoms. The Kier molecular flexibility index (Phi) is 3.35. The van der Waals surface area contributed by atoms with Crippen molar-refractivity contribution in [2.24, 2.45) is 5.73 Å². The maximum absolute atomic E-state index is 11.2. The van der Waals surface area contributed by atoms with E-state index in [1.54, 1.807) is 0 Å². The molecule has 2 N–H and O–H groups in total. The third-order valence-corrected chi connectivity index (χ3v) is 2.12. The molecule has 1 rings (SSSR count). The van der Waals surface area contributed by atoms with Gasteiger partial charge in [-0.05, 0) is 51.0 Å². The molecule has 0 aliphatic heterocycles. The SMILES string of the molecule is Cc1cc(OC(C)C)cc(C)c1C(N)=O. The van der Waals surface area contributed by atoms with Crippen molar-refractivity contribution in [2.45, 2.75) is 33.8 Å². The molecule has 82 valence electrons. The van der Waals surface area contributed by atoms with Crippen LogP contribution in [0.1, 0.15) is 35.3 Å². The summed E-state index contributed by atoms with van der Waals surface area (Å²) in [5.41, 5.74) is 7.59. The zero-order valence-corrected chi connectivity index (χ0v) is 9.63. The summed E-state index contributed by atoms with van der Waals surface area (Å²) < 4.78 is 5.56. The third-order valence-electron chi connectivity index (χ3n) is 2.12. The van der Waals surface area contributed by atoms with Crippen molar-refractivity contribution in [3.05, 3.63) is 28.8 Å². The number of amides is 1. The van der Waals surface area contributed by atoms with E-state index in [9.17, 15) is 4.79 Å². The zero-order chi connectivity index (χ0) is 11.6. The molecule has 1 aromatic rings. The van der Waals surface area contributed by atoms with E-state index in [1.165, 1.54) is 0 Å². The molecule has 0 unspecified atom stereocenters. The Labute approximate surface area is 90.2 Å². The van der Waals surface area contributed by atoms with E-state index in [0.717, 1.165) is 16.9 Å². The van der Waals surface area contributed by atoms with E-state index in [-0.39, 0.29) is 12.0 Å². The predicted octanol–water partition coefficient (Wildman–Crippen LogP) is 2.19. The number of ether oxygens (including phenoxy) is 1. The molecular formula is C12H17NO2. The molecule has 0 aliphatic carbocycles. The Morgan fingerprint density at radius 1 is 1.27 bits per heavy atom. The van der Waals surface area contributed by atoms with Crippen LogP contribution >= 0.6 is 0 Å². The van der Waals surface area contributed by atoms with Gasteiger partial charge < -0.3 is 10.5 Å². The van der Waals surface area contributed by atoms with Crippen LogP contribution in [0.2, 0.25) is 0 Å². The number of hydrogen-bond donors (Lipinski definition) is 1. The van der Waals surface area contributed by atoms with Gasteiger partial charge in [-0.2, -0.15) is 0 Å². The normalized spacial score (nSPS) is 10.5. The number of primary amides is 1. The summed E-state index contributed by atoms with van der Waals surface area (Å²) in [5.74, 6) is 0.395. The van der Waals surface area contributed by atoms with Gasteiger partial charge in [-0.15, -0.1) is 0 Å². The molecule has 0 atom stereocenters. The van der Waals surface area contributed by atoms with Gasteiger partial charge in [0.1, 0.15) is 5.75 Å². The molecule has 3 nitrogen and oxygen atoms in total. The summed E-state index contributed by atoms with van der Waals surface area (Å²) in [6, 6.07) is 3.68. The second kappa shape index (κ2) is 4.34. The standard InChI is InChI=1S/C12H17NO2/c1-7(2)15-10-5-8(3)11(12(13)14)9(4)6-10/h5-7H,1-4H3,(H2,13,14). The van der Waals surface area contributed by atoms with Crippen LogP contribution in [-0.2, 0) is 0 Å². The summed E-state index contributed by atoms with van der Waals surface area (Å²) >= 11 is 0. The van der Waals surface area contributed by atoms with Gasteiger partial charge in [0, 0.05) is 5.56 Å². The highest BCUT2D eigenvalue weighted by atomic mass is 16.5. The topological polar surface area (TPSA) is 52.3 Å². The van der Waals surface area contributed by atoms with E-state index < -0.39 is 0 Å². The predicted molar refractivity (Wildman–Crippen MR) is 60.2 cm³/mol. The maximum Gasteiger partial charge on any atom is 0.249 e. The molecule has 1 aromatic carbocycles. The van der Waals surface area contributed by atoms with Gasteiger partial charge >= 0.3 is 0 Å². The smallest absolute Gasteiger partial charge is 0.249 e. The first-order valence-electron chi connectivity index (χ1n) is 4.99. The fourth-order valence-electron chi connectivity index (χ4n) is 1.65. The van der Waals surface area contributed by atoms with Crippen LogP contribution in [0.5, 0.6) is 5.75 Å². The number of carbonyl (C=O) groups excluding carboxylic acids is 1. The Morgan fingerprint density at radius 3 is 2.07 bits per heavy atom. The molecule has 0 heterocycles. The summed E-state index contributed by atoms with van der Waals surface area (Å²) in [6.45, 7) is 7.65. The number of nitrogens with two attached hydrogens (primary N) is 1.